The van der Waals surface area contributed by atoms with Gasteiger partial charge in [-0.1, -0.05) is 68.8 Å². The van der Waals surface area contributed by atoms with Crippen molar-refractivity contribution in [3.8, 4) is 0 Å². The fourth-order valence-corrected chi connectivity index (χ4v) is 9.46. The molecule has 1 N–H and O–H groups in total. The van der Waals surface area contributed by atoms with Crippen LogP contribution in [0, 0.1) is 17.8 Å². The third kappa shape index (κ3) is 4.43. The Bertz CT molecular complexity index is 1220. The molecule has 9 heteroatoms. The molecular formula is C30H38ClN3O4S. The van der Waals surface area contributed by atoms with Gasteiger partial charge >= 0.3 is 0 Å². The van der Waals surface area contributed by atoms with Crippen LogP contribution in [0.5, 0.6) is 0 Å². The second-order valence-corrected chi connectivity index (χ2v) is 13.9. The van der Waals surface area contributed by atoms with Crippen molar-refractivity contribution in [3.05, 3.63) is 53.6 Å². The molecule has 0 bridgehead atoms. The monoisotopic (exact) mass is 571 g/mol. The molecule has 4 aliphatic heterocycles. The fraction of sp³-hybridized carbons (Fsp3) is 0.567. The number of amides is 3. The van der Waals surface area contributed by atoms with Crippen molar-refractivity contribution in [2.24, 2.45) is 17.8 Å². The minimum Gasteiger partial charge on any atom is -0.394 e. The van der Waals surface area contributed by atoms with Crippen LogP contribution in [0.15, 0.2) is 48.6 Å². The van der Waals surface area contributed by atoms with E-state index in [1.165, 1.54) is 0 Å². The van der Waals surface area contributed by atoms with Gasteiger partial charge in [-0.05, 0) is 37.8 Å². The standard InChI is InChI=1S/C30H38ClN3O4S/c1-5-14-32-15-8-12-29(4)23(26(32)36)24-27(37)34(20(18-35)17-19(2)3)25-28(38)33(16-9-13-30(24,25)39-29)22-11-7-6-10-21(22)31/h6-13,19-20,23-25,35H,5,14-18H2,1-4H3/t20-,23+,24+,25?,29-,30+/m1/s1. The minimum absolute atomic E-state index is 0.0369. The minimum atomic E-state index is -0.955. The number of likely N-dealkylation sites (tertiary alicyclic amines) is 1. The molecule has 3 amide bonds. The SMILES string of the molecule is CCCN1CC=C[C@@]2(C)S[C@]34C=CCN(c5ccccc5Cl)C(=O)C3N([C@@H](CO)CC(C)C)C(=O)[C@@H]4[C@H]2C1=O. The van der Waals surface area contributed by atoms with E-state index >= 15 is 0 Å². The number of carbonyl (C=O) groups is 3. The average Bonchev–Trinajstić information content (AvgIpc) is 3.17. The third-order valence-corrected chi connectivity index (χ3v) is 10.7. The van der Waals surface area contributed by atoms with Crippen molar-refractivity contribution in [2.75, 3.05) is 31.1 Å². The Balaban J connectivity index is 1.68. The highest BCUT2D eigenvalue weighted by Crippen LogP contribution is 2.66. The smallest absolute Gasteiger partial charge is 0.251 e. The number of nitrogens with zero attached hydrogens (tertiary/aromatic N) is 3. The van der Waals surface area contributed by atoms with Crippen LogP contribution in [-0.4, -0.2) is 80.4 Å². The number of halogens is 1. The number of anilines is 1. The van der Waals surface area contributed by atoms with E-state index in [9.17, 15) is 19.5 Å². The van der Waals surface area contributed by atoms with Gasteiger partial charge in [0.05, 0.1) is 39.9 Å². The van der Waals surface area contributed by atoms with Crippen LogP contribution < -0.4 is 4.90 Å². The summed E-state index contributed by atoms with van der Waals surface area (Å²) in [7, 11) is 0. The zero-order valence-corrected chi connectivity index (χ0v) is 24.6. The Hall–Kier alpha value is -2.29. The molecule has 5 rings (SSSR count). The van der Waals surface area contributed by atoms with Gasteiger partial charge in [0.25, 0.3) is 5.91 Å². The van der Waals surface area contributed by atoms with Gasteiger partial charge < -0.3 is 19.8 Å². The number of fused-ring (bicyclic) bond motifs is 2. The lowest BCUT2D eigenvalue weighted by Gasteiger charge is -2.40. The number of benzene rings is 1. The highest BCUT2D eigenvalue weighted by atomic mass is 35.5. The lowest BCUT2D eigenvalue weighted by atomic mass is 9.74. The first-order chi connectivity index (χ1) is 18.6. The molecule has 2 saturated heterocycles. The zero-order chi connectivity index (χ0) is 28.1. The number of rotatable bonds is 7. The molecule has 0 saturated carbocycles. The summed E-state index contributed by atoms with van der Waals surface area (Å²) in [6.07, 6.45) is 9.43. The highest BCUT2D eigenvalue weighted by molar-refractivity contribution is 8.02. The molecule has 0 radical (unpaired) electrons. The number of hydrogen-bond acceptors (Lipinski definition) is 5. The largest absolute Gasteiger partial charge is 0.394 e. The van der Waals surface area contributed by atoms with Crippen LogP contribution in [0.2, 0.25) is 5.02 Å². The normalized spacial score (nSPS) is 32.8. The van der Waals surface area contributed by atoms with E-state index in [0.29, 0.717) is 36.8 Å². The van der Waals surface area contributed by atoms with Crippen LogP contribution >= 0.6 is 23.4 Å². The Kier molecular flexibility index (Phi) is 7.68. The maximum Gasteiger partial charge on any atom is 0.251 e. The van der Waals surface area contributed by atoms with E-state index in [1.807, 2.05) is 69.0 Å². The Labute approximate surface area is 240 Å². The van der Waals surface area contributed by atoms with Crippen LogP contribution in [0.4, 0.5) is 5.69 Å². The summed E-state index contributed by atoms with van der Waals surface area (Å²) >= 11 is 8.12. The van der Waals surface area contributed by atoms with Crippen molar-refractivity contribution in [2.45, 2.75) is 62.1 Å². The third-order valence-electron chi connectivity index (χ3n) is 8.56. The summed E-state index contributed by atoms with van der Waals surface area (Å²) in [6.45, 7) is 9.33. The van der Waals surface area contributed by atoms with Gasteiger partial charge in [-0.15, -0.1) is 11.8 Å². The topological polar surface area (TPSA) is 81.2 Å². The van der Waals surface area contributed by atoms with Crippen LogP contribution in [0.3, 0.4) is 0 Å². The Morgan fingerprint density at radius 2 is 1.77 bits per heavy atom. The van der Waals surface area contributed by atoms with Gasteiger partial charge in [-0.3, -0.25) is 14.4 Å². The lowest BCUT2D eigenvalue weighted by Crippen LogP contribution is -2.57. The maximum absolute atomic E-state index is 14.6. The highest BCUT2D eigenvalue weighted by Gasteiger charge is 2.74. The summed E-state index contributed by atoms with van der Waals surface area (Å²) in [5, 5.41) is 11.0. The summed E-state index contributed by atoms with van der Waals surface area (Å²) in [5.74, 6) is -1.64. The molecule has 4 aliphatic rings. The van der Waals surface area contributed by atoms with E-state index in [2.05, 4.69) is 6.08 Å². The molecule has 0 aromatic heterocycles. The molecule has 1 aromatic carbocycles. The van der Waals surface area contributed by atoms with Crippen molar-refractivity contribution >= 4 is 46.8 Å². The van der Waals surface area contributed by atoms with E-state index in [1.54, 1.807) is 27.6 Å². The van der Waals surface area contributed by atoms with Crippen LogP contribution in [-0.2, 0) is 14.4 Å². The second kappa shape index (κ2) is 10.6. The number of carbonyl (C=O) groups excluding carboxylic acids is 3. The molecule has 1 unspecified atom stereocenters. The van der Waals surface area contributed by atoms with Gasteiger partial charge in [-0.2, -0.15) is 0 Å². The predicted octanol–water partition coefficient (Wildman–Crippen LogP) is 4.15. The molecule has 39 heavy (non-hydrogen) atoms. The van der Waals surface area contributed by atoms with Gasteiger partial charge in [0, 0.05) is 24.4 Å². The summed E-state index contributed by atoms with van der Waals surface area (Å²) < 4.78 is -1.61. The Morgan fingerprint density at radius 1 is 1.05 bits per heavy atom. The van der Waals surface area contributed by atoms with Crippen LogP contribution in [0.1, 0.15) is 40.5 Å². The van der Waals surface area contributed by atoms with E-state index in [4.69, 9.17) is 11.6 Å². The zero-order valence-electron chi connectivity index (χ0n) is 23.0. The predicted molar refractivity (Wildman–Crippen MR) is 156 cm³/mol. The van der Waals surface area contributed by atoms with E-state index in [0.717, 1.165) is 6.42 Å². The van der Waals surface area contributed by atoms with Crippen LogP contribution in [0.25, 0.3) is 0 Å². The molecular weight excluding hydrogens is 534 g/mol. The summed E-state index contributed by atoms with van der Waals surface area (Å²) in [5.41, 5.74) is 0.583. The van der Waals surface area contributed by atoms with Gasteiger partial charge in [0.1, 0.15) is 6.04 Å². The van der Waals surface area contributed by atoms with Gasteiger partial charge in [-0.25, -0.2) is 0 Å². The van der Waals surface area contributed by atoms with Crippen molar-refractivity contribution < 1.29 is 19.5 Å². The Morgan fingerprint density at radius 3 is 2.44 bits per heavy atom. The first-order valence-corrected chi connectivity index (χ1v) is 15.1. The number of hydrogen-bond donors (Lipinski definition) is 1. The molecule has 210 valence electrons. The molecule has 0 aliphatic carbocycles. The van der Waals surface area contributed by atoms with Gasteiger partial charge in [0.15, 0.2) is 0 Å². The summed E-state index contributed by atoms with van der Waals surface area (Å²) in [6, 6.07) is 5.80. The number of thioether (sulfide) groups is 1. The molecule has 1 aromatic rings. The molecule has 1 spiro atoms. The quantitative estimate of drug-likeness (QED) is 0.497. The van der Waals surface area contributed by atoms with E-state index in [-0.39, 0.29) is 30.2 Å². The first-order valence-electron chi connectivity index (χ1n) is 13.9. The van der Waals surface area contributed by atoms with Crippen molar-refractivity contribution in [1.82, 2.24) is 9.80 Å². The maximum atomic E-state index is 14.6. The average molecular weight is 572 g/mol. The molecule has 7 nitrogen and oxygen atoms in total. The molecule has 2 fully saturated rings. The summed E-state index contributed by atoms with van der Waals surface area (Å²) in [4.78, 5) is 48.5. The van der Waals surface area contributed by atoms with Crippen molar-refractivity contribution in [1.29, 1.82) is 0 Å². The number of para-hydroxylation sites is 1. The molecule has 6 atom stereocenters. The van der Waals surface area contributed by atoms with Crippen molar-refractivity contribution in [3.63, 3.8) is 0 Å². The molecule has 4 heterocycles. The fourth-order valence-electron chi connectivity index (χ4n) is 7.08. The number of aliphatic hydroxyl groups excluding tert-OH is 1. The van der Waals surface area contributed by atoms with E-state index < -0.39 is 33.4 Å². The second-order valence-electron chi connectivity index (χ2n) is 11.7. The number of aliphatic hydroxyl groups is 1. The first kappa shape index (κ1) is 28.2. The lowest BCUT2D eigenvalue weighted by molar-refractivity contribution is -0.145. The van der Waals surface area contributed by atoms with Gasteiger partial charge in [0.2, 0.25) is 11.8 Å².